The van der Waals surface area contributed by atoms with E-state index in [2.05, 4.69) is 13.8 Å². The van der Waals surface area contributed by atoms with Crippen molar-refractivity contribution >= 4 is 0 Å². The van der Waals surface area contributed by atoms with Gasteiger partial charge in [-0.1, -0.05) is 0 Å². The van der Waals surface area contributed by atoms with Gasteiger partial charge in [0.25, 0.3) is 0 Å². The summed E-state index contributed by atoms with van der Waals surface area (Å²) >= 11 is 0. The van der Waals surface area contributed by atoms with Crippen LogP contribution in [0.5, 0.6) is 11.5 Å². The van der Waals surface area contributed by atoms with Crippen molar-refractivity contribution in [3.8, 4) is 11.5 Å². The summed E-state index contributed by atoms with van der Waals surface area (Å²) in [7, 11) is 3.31. The Morgan fingerprint density at radius 1 is 1.20 bits per heavy atom. The monoisotopic (exact) mass is 209 g/mol. The van der Waals surface area contributed by atoms with Crippen molar-refractivity contribution < 1.29 is 9.47 Å². The maximum atomic E-state index is 5.60. The van der Waals surface area contributed by atoms with Gasteiger partial charge in [-0.05, 0) is 44.0 Å². The van der Waals surface area contributed by atoms with E-state index in [1.807, 2.05) is 6.07 Å². The molecule has 0 fully saturated rings. The summed E-state index contributed by atoms with van der Waals surface area (Å²) in [4.78, 5) is 0. The Morgan fingerprint density at radius 2 is 1.87 bits per heavy atom. The van der Waals surface area contributed by atoms with Gasteiger partial charge in [-0.25, -0.2) is 0 Å². The Bertz CT molecular complexity index is 348. The molecule has 0 saturated carbocycles. The van der Waals surface area contributed by atoms with Crippen LogP contribution < -0.4 is 15.2 Å². The first kappa shape index (κ1) is 11.9. The van der Waals surface area contributed by atoms with Crippen molar-refractivity contribution in [2.24, 2.45) is 5.73 Å². The van der Waals surface area contributed by atoms with Gasteiger partial charge < -0.3 is 15.2 Å². The number of methoxy groups -OCH3 is 2. The second-order valence-electron chi connectivity index (χ2n) is 3.57. The summed E-state index contributed by atoms with van der Waals surface area (Å²) in [6, 6.07) is 1.99. The molecule has 0 aliphatic carbocycles. The Kier molecular flexibility index (Phi) is 3.97. The molecule has 1 rings (SSSR count). The van der Waals surface area contributed by atoms with Gasteiger partial charge in [0, 0.05) is 5.56 Å². The predicted octanol–water partition coefficient (Wildman–Crippen LogP) is 1.82. The summed E-state index contributed by atoms with van der Waals surface area (Å²) < 4.78 is 10.7. The van der Waals surface area contributed by atoms with Crippen LogP contribution in [0.15, 0.2) is 6.07 Å². The molecule has 0 unspecified atom stereocenters. The minimum absolute atomic E-state index is 0.615. The van der Waals surface area contributed by atoms with Gasteiger partial charge in [-0.3, -0.25) is 0 Å². The van der Waals surface area contributed by atoms with E-state index in [0.29, 0.717) is 6.54 Å². The molecule has 3 heteroatoms. The first-order valence-corrected chi connectivity index (χ1v) is 5.06. The van der Waals surface area contributed by atoms with Crippen molar-refractivity contribution in [2.75, 3.05) is 20.8 Å². The third-order valence-electron chi connectivity index (χ3n) is 2.71. The third kappa shape index (κ3) is 2.23. The molecule has 0 radical (unpaired) electrons. The summed E-state index contributed by atoms with van der Waals surface area (Å²) in [6.07, 6.45) is 0.813. The molecule has 0 spiro atoms. The van der Waals surface area contributed by atoms with Crippen LogP contribution in [0, 0.1) is 13.8 Å². The lowest BCUT2D eigenvalue weighted by Gasteiger charge is -2.16. The van der Waals surface area contributed by atoms with E-state index in [-0.39, 0.29) is 0 Å². The number of benzene rings is 1. The Hall–Kier alpha value is -1.22. The first-order valence-electron chi connectivity index (χ1n) is 5.06. The standard InChI is InChI=1S/C12H19NO2/c1-8-7-11(14-3)12(15-4)10(5-6-13)9(8)2/h7H,5-6,13H2,1-4H3. The summed E-state index contributed by atoms with van der Waals surface area (Å²) in [6.45, 7) is 4.77. The maximum Gasteiger partial charge on any atom is 0.164 e. The van der Waals surface area contributed by atoms with Crippen molar-refractivity contribution in [2.45, 2.75) is 20.3 Å². The second kappa shape index (κ2) is 5.03. The Morgan fingerprint density at radius 3 is 2.33 bits per heavy atom. The fourth-order valence-corrected chi connectivity index (χ4v) is 1.75. The summed E-state index contributed by atoms with van der Waals surface area (Å²) in [5.41, 5.74) is 9.19. The van der Waals surface area contributed by atoms with Gasteiger partial charge >= 0.3 is 0 Å². The van der Waals surface area contributed by atoms with Gasteiger partial charge in [0.2, 0.25) is 0 Å². The molecular weight excluding hydrogens is 190 g/mol. The lowest BCUT2D eigenvalue weighted by Crippen LogP contribution is -2.07. The molecule has 0 atom stereocenters. The number of aryl methyl sites for hydroxylation is 1. The zero-order valence-electron chi connectivity index (χ0n) is 9.89. The van der Waals surface area contributed by atoms with Crippen LogP contribution in [0.3, 0.4) is 0 Å². The highest BCUT2D eigenvalue weighted by Gasteiger charge is 2.14. The Labute approximate surface area is 91.2 Å². The quantitative estimate of drug-likeness (QED) is 0.822. The van der Waals surface area contributed by atoms with E-state index in [1.165, 1.54) is 11.1 Å². The summed E-state index contributed by atoms with van der Waals surface area (Å²) in [5, 5.41) is 0. The molecule has 0 aromatic heterocycles. The van der Waals surface area contributed by atoms with E-state index >= 15 is 0 Å². The molecule has 3 nitrogen and oxygen atoms in total. The lowest BCUT2D eigenvalue weighted by molar-refractivity contribution is 0.351. The van der Waals surface area contributed by atoms with Crippen molar-refractivity contribution in [1.29, 1.82) is 0 Å². The van der Waals surface area contributed by atoms with Gasteiger partial charge in [-0.15, -0.1) is 0 Å². The minimum atomic E-state index is 0.615. The van der Waals surface area contributed by atoms with Gasteiger partial charge in [0.1, 0.15) is 0 Å². The number of hydrogen-bond donors (Lipinski definition) is 1. The van der Waals surface area contributed by atoms with E-state index in [9.17, 15) is 0 Å². The predicted molar refractivity (Wildman–Crippen MR) is 61.8 cm³/mol. The van der Waals surface area contributed by atoms with Crippen LogP contribution in [0.4, 0.5) is 0 Å². The molecule has 0 saturated heterocycles. The van der Waals surface area contributed by atoms with E-state index in [0.717, 1.165) is 23.5 Å². The fraction of sp³-hybridized carbons (Fsp3) is 0.500. The summed E-state index contributed by atoms with van der Waals surface area (Å²) in [5.74, 6) is 1.59. The molecule has 2 N–H and O–H groups in total. The highest BCUT2D eigenvalue weighted by atomic mass is 16.5. The molecule has 0 bridgehead atoms. The van der Waals surface area contributed by atoms with Gasteiger partial charge in [0.05, 0.1) is 14.2 Å². The van der Waals surface area contributed by atoms with Crippen molar-refractivity contribution in [3.63, 3.8) is 0 Å². The van der Waals surface area contributed by atoms with Gasteiger partial charge in [-0.2, -0.15) is 0 Å². The lowest BCUT2D eigenvalue weighted by atomic mass is 9.99. The van der Waals surface area contributed by atoms with Crippen molar-refractivity contribution in [3.05, 3.63) is 22.8 Å². The van der Waals surface area contributed by atoms with Crippen molar-refractivity contribution in [1.82, 2.24) is 0 Å². The average Bonchev–Trinajstić information content (AvgIpc) is 2.24. The molecule has 0 amide bonds. The maximum absolute atomic E-state index is 5.60. The first-order chi connectivity index (χ1) is 7.15. The highest BCUT2D eigenvalue weighted by Crippen LogP contribution is 2.35. The van der Waals surface area contributed by atoms with Crippen LogP contribution in [0.2, 0.25) is 0 Å². The molecule has 1 aromatic rings. The van der Waals surface area contributed by atoms with E-state index in [4.69, 9.17) is 15.2 Å². The van der Waals surface area contributed by atoms with Gasteiger partial charge in [0.15, 0.2) is 11.5 Å². The van der Waals surface area contributed by atoms with Crippen LogP contribution in [-0.2, 0) is 6.42 Å². The number of ether oxygens (including phenoxy) is 2. The molecule has 0 aliphatic rings. The molecule has 0 aliphatic heterocycles. The third-order valence-corrected chi connectivity index (χ3v) is 2.71. The molecule has 1 aromatic carbocycles. The van der Waals surface area contributed by atoms with Crippen LogP contribution >= 0.6 is 0 Å². The van der Waals surface area contributed by atoms with Crippen LogP contribution in [0.1, 0.15) is 16.7 Å². The normalized spacial score (nSPS) is 10.2. The molecule has 84 valence electrons. The smallest absolute Gasteiger partial charge is 0.164 e. The SMILES string of the molecule is COc1cc(C)c(C)c(CCN)c1OC. The average molecular weight is 209 g/mol. The number of rotatable bonds is 4. The molecule has 15 heavy (non-hydrogen) atoms. The number of hydrogen-bond acceptors (Lipinski definition) is 3. The van der Waals surface area contributed by atoms with Crippen LogP contribution in [-0.4, -0.2) is 20.8 Å². The zero-order chi connectivity index (χ0) is 11.4. The zero-order valence-corrected chi connectivity index (χ0v) is 9.89. The number of nitrogens with two attached hydrogens (primary N) is 1. The fourth-order valence-electron chi connectivity index (χ4n) is 1.75. The largest absolute Gasteiger partial charge is 0.493 e. The van der Waals surface area contributed by atoms with Crippen LogP contribution in [0.25, 0.3) is 0 Å². The molecule has 0 heterocycles. The molecular formula is C12H19NO2. The second-order valence-corrected chi connectivity index (χ2v) is 3.57. The highest BCUT2D eigenvalue weighted by molar-refractivity contribution is 5.53. The topological polar surface area (TPSA) is 44.5 Å². The minimum Gasteiger partial charge on any atom is -0.493 e. The van der Waals surface area contributed by atoms with E-state index in [1.54, 1.807) is 14.2 Å². The Balaban J connectivity index is 3.35. The van der Waals surface area contributed by atoms with E-state index < -0.39 is 0 Å².